The molecule has 4 heteroatoms. The monoisotopic (exact) mass is 370 g/mol. The normalized spacial score (nSPS) is 13.0. The van der Waals surface area contributed by atoms with Gasteiger partial charge in [-0.25, -0.2) is 0 Å². The second-order valence-corrected chi connectivity index (χ2v) is 7.02. The van der Waals surface area contributed by atoms with Crippen molar-refractivity contribution >= 4 is 23.2 Å². The Morgan fingerprint density at radius 1 is 0.893 bits per heavy atom. The Morgan fingerprint density at radius 2 is 1.68 bits per heavy atom. The van der Waals surface area contributed by atoms with Crippen LogP contribution in [0.15, 0.2) is 72.8 Å². The lowest BCUT2D eigenvalue weighted by molar-refractivity contribution is -0.116. The average molecular weight is 370 g/mol. The molecule has 1 N–H and O–H groups in total. The van der Waals surface area contributed by atoms with Gasteiger partial charge in [0.25, 0.3) is 5.91 Å². The number of hydrogen-bond acceptors (Lipinski definition) is 2. The molecule has 0 aromatic heterocycles. The number of amides is 2. The van der Waals surface area contributed by atoms with Crippen molar-refractivity contribution in [2.75, 3.05) is 16.8 Å². The predicted octanol–water partition coefficient (Wildman–Crippen LogP) is 4.91. The zero-order valence-electron chi connectivity index (χ0n) is 15.8. The number of carbonyl (C=O) groups is 2. The van der Waals surface area contributed by atoms with Gasteiger partial charge in [0.05, 0.1) is 0 Å². The number of nitrogens with one attached hydrogen (secondary N) is 1. The first kappa shape index (κ1) is 18.0. The minimum absolute atomic E-state index is 0.0827. The third-order valence-corrected chi connectivity index (χ3v) is 5.07. The Morgan fingerprint density at radius 3 is 2.46 bits per heavy atom. The number of nitrogens with zero attached hydrogens (tertiary/aromatic N) is 1. The van der Waals surface area contributed by atoms with Crippen LogP contribution in [-0.4, -0.2) is 18.4 Å². The number of fused-ring (bicyclic) bond motifs is 1. The molecule has 0 unspecified atom stereocenters. The van der Waals surface area contributed by atoms with Gasteiger partial charge >= 0.3 is 0 Å². The number of anilines is 2. The van der Waals surface area contributed by atoms with Gasteiger partial charge in [0.15, 0.2) is 0 Å². The van der Waals surface area contributed by atoms with Gasteiger partial charge in [0, 0.05) is 30.4 Å². The van der Waals surface area contributed by atoms with E-state index >= 15 is 0 Å². The van der Waals surface area contributed by atoms with E-state index in [2.05, 4.69) is 11.4 Å². The van der Waals surface area contributed by atoms with Crippen LogP contribution in [0.1, 0.15) is 29.3 Å². The summed E-state index contributed by atoms with van der Waals surface area (Å²) in [6.07, 6.45) is 1.95. The van der Waals surface area contributed by atoms with Crippen LogP contribution in [0.4, 0.5) is 11.4 Å². The molecule has 0 atom stereocenters. The fourth-order valence-electron chi connectivity index (χ4n) is 3.67. The number of benzene rings is 3. The first-order valence-electron chi connectivity index (χ1n) is 9.50. The molecule has 1 aliphatic rings. The van der Waals surface area contributed by atoms with E-state index in [-0.39, 0.29) is 11.8 Å². The van der Waals surface area contributed by atoms with Crippen LogP contribution in [0.3, 0.4) is 0 Å². The molecular weight excluding hydrogens is 348 g/mol. The van der Waals surface area contributed by atoms with Crippen molar-refractivity contribution in [1.29, 1.82) is 0 Å². The topological polar surface area (TPSA) is 49.4 Å². The lowest BCUT2D eigenvalue weighted by Gasteiger charge is -2.29. The molecule has 3 aromatic rings. The van der Waals surface area contributed by atoms with Crippen molar-refractivity contribution in [1.82, 2.24) is 0 Å². The minimum atomic E-state index is -0.125. The highest BCUT2D eigenvalue weighted by Gasteiger charge is 2.20. The van der Waals surface area contributed by atoms with Gasteiger partial charge in [-0.1, -0.05) is 36.4 Å². The summed E-state index contributed by atoms with van der Waals surface area (Å²) >= 11 is 0. The molecule has 0 aliphatic carbocycles. The molecule has 2 amide bonds. The Hall–Kier alpha value is -3.40. The Balaban J connectivity index is 1.60. The molecule has 4 rings (SSSR count). The van der Waals surface area contributed by atoms with Crippen LogP contribution in [0, 0.1) is 0 Å². The van der Waals surface area contributed by atoms with Gasteiger partial charge < -0.3 is 10.2 Å². The summed E-state index contributed by atoms with van der Waals surface area (Å²) in [6, 6.07) is 23.2. The molecule has 0 spiro atoms. The van der Waals surface area contributed by atoms with Gasteiger partial charge in [-0.2, -0.15) is 0 Å². The maximum Gasteiger partial charge on any atom is 0.255 e. The molecule has 1 heterocycles. The van der Waals surface area contributed by atoms with E-state index in [0.717, 1.165) is 41.9 Å². The second-order valence-electron chi connectivity index (χ2n) is 7.02. The zero-order chi connectivity index (χ0) is 19.5. The molecule has 28 heavy (non-hydrogen) atoms. The second kappa shape index (κ2) is 7.69. The summed E-state index contributed by atoms with van der Waals surface area (Å²) in [5.41, 5.74) is 5.71. The van der Waals surface area contributed by atoms with Crippen LogP contribution >= 0.6 is 0 Å². The average Bonchev–Trinajstić information content (AvgIpc) is 2.73. The molecular formula is C24H22N2O2. The van der Waals surface area contributed by atoms with E-state index in [1.165, 1.54) is 5.56 Å². The molecule has 1 aliphatic heterocycles. The van der Waals surface area contributed by atoms with E-state index in [1.54, 1.807) is 19.1 Å². The lowest BCUT2D eigenvalue weighted by atomic mass is 9.96. The lowest BCUT2D eigenvalue weighted by Crippen LogP contribution is -2.33. The SMILES string of the molecule is CC(=O)N1CCCc2cc(-c3cccc(NC(=O)c4ccccc4)c3)ccc21. The van der Waals surface area contributed by atoms with E-state index < -0.39 is 0 Å². The third kappa shape index (κ3) is 3.67. The standard InChI is InChI=1S/C24H22N2O2/c1-17(27)26-14-6-10-21-15-20(12-13-23(21)26)19-9-5-11-22(16-19)25-24(28)18-7-3-2-4-8-18/h2-5,7-9,11-13,15-16H,6,10,14H2,1H3,(H,25,28). The summed E-state index contributed by atoms with van der Waals surface area (Å²) < 4.78 is 0. The highest BCUT2D eigenvalue weighted by molar-refractivity contribution is 6.04. The van der Waals surface area contributed by atoms with Crippen molar-refractivity contribution in [3.63, 3.8) is 0 Å². The van der Waals surface area contributed by atoms with E-state index in [4.69, 9.17) is 0 Å². The van der Waals surface area contributed by atoms with Crippen LogP contribution in [0.5, 0.6) is 0 Å². The fraction of sp³-hybridized carbons (Fsp3) is 0.167. The first-order chi connectivity index (χ1) is 13.6. The summed E-state index contributed by atoms with van der Waals surface area (Å²) in [5, 5.41) is 2.96. The Kier molecular flexibility index (Phi) is 4.94. The molecule has 0 bridgehead atoms. The van der Waals surface area contributed by atoms with E-state index in [1.807, 2.05) is 59.5 Å². The quantitative estimate of drug-likeness (QED) is 0.712. The Bertz CT molecular complexity index is 1030. The van der Waals surface area contributed by atoms with Gasteiger partial charge in [-0.3, -0.25) is 9.59 Å². The zero-order valence-corrected chi connectivity index (χ0v) is 15.8. The molecule has 0 saturated carbocycles. The van der Waals surface area contributed by atoms with E-state index in [0.29, 0.717) is 5.56 Å². The van der Waals surface area contributed by atoms with Crippen molar-refractivity contribution in [3.8, 4) is 11.1 Å². The number of carbonyl (C=O) groups excluding carboxylic acids is 2. The number of hydrogen-bond donors (Lipinski definition) is 1. The molecule has 3 aromatic carbocycles. The summed E-state index contributed by atoms with van der Waals surface area (Å²) in [4.78, 5) is 26.1. The number of rotatable bonds is 3. The van der Waals surface area contributed by atoms with Gasteiger partial charge in [0.2, 0.25) is 5.91 Å². The molecule has 4 nitrogen and oxygen atoms in total. The summed E-state index contributed by atoms with van der Waals surface area (Å²) in [5.74, 6) is -0.0420. The highest BCUT2D eigenvalue weighted by Crippen LogP contribution is 2.32. The van der Waals surface area contributed by atoms with E-state index in [9.17, 15) is 9.59 Å². The Labute approximate surface area is 164 Å². The van der Waals surface area contributed by atoms with Crippen LogP contribution in [-0.2, 0) is 11.2 Å². The maximum atomic E-state index is 12.4. The van der Waals surface area contributed by atoms with Gasteiger partial charge in [0.1, 0.15) is 0 Å². The van der Waals surface area contributed by atoms with Crippen molar-refractivity contribution in [2.24, 2.45) is 0 Å². The molecule has 140 valence electrons. The largest absolute Gasteiger partial charge is 0.322 e. The van der Waals surface area contributed by atoms with Crippen molar-refractivity contribution in [3.05, 3.63) is 83.9 Å². The summed E-state index contributed by atoms with van der Waals surface area (Å²) in [7, 11) is 0. The predicted molar refractivity (Wildman–Crippen MR) is 113 cm³/mol. The van der Waals surface area contributed by atoms with Crippen LogP contribution in [0.25, 0.3) is 11.1 Å². The number of aryl methyl sites for hydroxylation is 1. The molecule has 0 saturated heterocycles. The van der Waals surface area contributed by atoms with Crippen LogP contribution < -0.4 is 10.2 Å². The molecule has 0 fully saturated rings. The van der Waals surface area contributed by atoms with Crippen LogP contribution in [0.2, 0.25) is 0 Å². The van der Waals surface area contributed by atoms with Gasteiger partial charge in [-0.05, 0) is 65.9 Å². The van der Waals surface area contributed by atoms with Crippen molar-refractivity contribution < 1.29 is 9.59 Å². The summed E-state index contributed by atoms with van der Waals surface area (Å²) in [6.45, 7) is 2.39. The third-order valence-electron chi connectivity index (χ3n) is 5.07. The minimum Gasteiger partial charge on any atom is -0.322 e. The smallest absolute Gasteiger partial charge is 0.255 e. The highest BCUT2D eigenvalue weighted by atomic mass is 16.2. The van der Waals surface area contributed by atoms with Crippen molar-refractivity contribution in [2.45, 2.75) is 19.8 Å². The maximum absolute atomic E-state index is 12.4. The van der Waals surface area contributed by atoms with Gasteiger partial charge in [-0.15, -0.1) is 0 Å². The first-order valence-corrected chi connectivity index (χ1v) is 9.50. The fourth-order valence-corrected chi connectivity index (χ4v) is 3.67. The molecule has 0 radical (unpaired) electrons.